The number of amides is 2. The third-order valence-corrected chi connectivity index (χ3v) is 3.10. The molecule has 0 saturated carbocycles. The minimum atomic E-state index is -0.534. The predicted molar refractivity (Wildman–Crippen MR) is 78.5 cm³/mol. The molecule has 0 radical (unpaired) electrons. The van der Waals surface area contributed by atoms with Crippen LogP contribution in [0.2, 0.25) is 0 Å². The highest BCUT2D eigenvalue weighted by atomic mass is 16.3. The second-order valence-corrected chi connectivity index (χ2v) is 5.32. The van der Waals surface area contributed by atoms with Crippen molar-refractivity contribution in [3.8, 4) is 0 Å². The fourth-order valence-corrected chi connectivity index (χ4v) is 1.83. The molecule has 1 aromatic carbocycles. The van der Waals surface area contributed by atoms with E-state index in [4.69, 9.17) is 0 Å². The number of aliphatic hydroxyl groups is 1. The number of hydrogen-bond acceptors (Lipinski definition) is 2. The van der Waals surface area contributed by atoms with Gasteiger partial charge >= 0.3 is 6.03 Å². The van der Waals surface area contributed by atoms with Gasteiger partial charge in [-0.2, -0.15) is 0 Å². The zero-order valence-corrected chi connectivity index (χ0v) is 12.4. The Morgan fingerprint density at radius 1 is 1.26 bits per heavy atom. The molecule has 2 amide bonds. The normalized spacial score (nSPS) is 12.4. The number of carbonyl (C=O) groups excluding carboxylic acids is 1. The van der Waals surface area contributed by atoms with Crippen molar-refractivity contribution >= 4 is 11.7 Å². The zero-order chi connectivity index (χ0) is 14.6. The lowest BCUT2D eigenvalue weighted by molar-refractivity contribution is 0.125. The monoisotopic (exact) mass is 264 g/mol. The fraction of sp³-hybridized carbons (Fsp3) is 0.533. The molecule has 1 rings (SSSR count). The van der Waals surface area contributed by atoms with Gasteiger partial charge in [0.05, 0.1) is 6.10 Å². The molecule has 0 bridgehead atoms. The van der Waals surface area contributed by atoms with Crippen molar-refractivity contribution in [2.24, 2.45) is 0 Å². The van der Waals surface area contributed by atoms with Gasteiger partial charge in [-0.05, 0) is 57.9 Å². The summed E-state index contributed by atoms with van der Waals surface area (Å²) in [5.74, 6) is 0. The van der Waals surface area contributed by atoms with Crippen molar-refractivity contribution in [3.63, 3.8) is 0 Å². The average Bonchev–Trinajstić information content (AvgIpc) is 2.30. The van der Waals surface area contributed by atoms with E-state index in [-0.39, 0.29) is 12.1 Å². The molecule has 0 aliphatic carbocycles. The third kappa shape index (κ3) is 4.56. The first-order valence-corrected chi connectivity index (χ1v) is 6.64. The number of nitrogens with one attached hydrogen (secondary N) is 1. The number of anilines is 1. The van der Waals surface area contributed by atoms with Crippen LogP contribution in [0.4, 0.5) is 10.5 Å². The summed E-state index contributed by atoms with van der Waals surface area (Å²) >= 11 is 0. The summed E-state index contributed by atoms with van der Waals surface area (Å²) in [6.07, 6.45) is -0.534. The van der Waals surface area contributed by atoms with Gasteiger partial charge in [0.1, 0.15) is 0 Å². The van der Waals surface area contributed by atoms with Crippen LogP contribution in [0.1, 0.15) is 31.9 Å². The molecule has 19 heavy (non-hydrogen) atoms. The lowest BCUT2D eigenvalue weighted by Gasteiger charge is -2.28. The zero-order valence-electron chi connectivity index (χ0n) is 12.4. The van der Waals surface area contributed by atoms with E-state index in [0.29, 0.717) is 6.54 Å². The fourth-order valence-electron chi connectivity index (χ4n) is 1.83. The van der Waals surface area contributed by atoms with Crippen molar-refractivity contribution in [1.29, 1.82) is 0 Å². The largest absolute Gasteiger partial charge is 0.392 e. The molecule has 0 aliphatic rings. The molecule has 4 nitrogen and oxygen atoms in total. The lowest BCUT2D eigenvalue weighted by Crippen LogP contribution is -2.43. The van der Waals surface area contributed by atoms with Gasteiger partial charge < -0.3 is 15.3 Å². The summed E-state index contributed by atoms with van der Waals surface area (Å²) in [4.78, 5) is 13.8. The molecular formula is C15H24N2O2. The maximum atomic E-state index is 12.2. The summed E-state index contributed by atoms with van der Waals surface area (Å²) in [6.45, 7) is 9.92. The Kier molecular flexibility index (Phi) is 5.36. The summed E-state index contributed by atoms with van der Waals surface area (Å²) in [7, 11) is 0. The Hall–Kier alpha value is -1.55. The maximum absolute atomic E-state index is 12.2. The van der Waals surface area contributed by atoms with Crippen molar-refractivity contribution in [2.45, 2.75) is 46.8 Å². The Morgan fingerprint density at radius 2 is 1.89 bits per heavy atom. The van der Waals surface area contributed by atoms with E-state index in [1.807, 2.05) is 45.9 Å². The van der Waals surface area contributed by atoms with Crippen LogP contribution in [0.15, 0.2) is 18.2 Å². The van der Waals surface area contributed by atoms with Gasteiger partial charge in [-0.1, -0.05) is 6.07 Å². The average molecular weight is 264 g/mol. The van der Waals surface area contributed by atoms with Crippen LogP contribution in [0, 0.1) is 13.8 Å². The van der Waals surface area contributed by atoms with Crippen LogP contribution < -0.4 is 5.32 Å². The number of carbonyl (C=O) groups is 1. The number of benzene rings is 1. The van der Waals surface area contributed by atoms with Crippen LogP contribution in [0.3, 0.4) is 0 Å². The molecule has 106 valence electrons. The molecule has 1 unspecified atom stereocenters. The van der Waals surface area contributed by atoms with Crippen LogP contribution >= 0.6 is 0 Å². The first-order valence-electron chi connectivity index (χ1n) is 6.64. The van der Waals surface area contributed by atoms with Crippen molar-refractivity contribution < 1.29 is 9.90 Å². The van der Waals surface area contributed by atoms with Gasteiger partial charge in [-0.3, -0.25) is 0 Å². The highest BCUT2D eigenvalue weighted by Gasteiger charge is 2.18. The first-order chi connectivity index (χ1) is 8.81. The van der Waals surface area contributed by atoms with E-state index in [1.54, 1.807) is 11.8 Å². The van der Waals surface area contributed by atoms with E-state index in [0.717, 1.165) is 11.3 Å². The Labute approximate surface area is 115 Å². The van der Waals surface area contributed by atoms with E-state index in [9.17, 15) is 9.90 Å². The Bertz CT molecular complexity index is 442. The van der Waals surface area contributed by atoms with E-state index in [1.165, 1.54) is 5.56 Å². The Balaban J connectivity index is 2.78. The summed E-state index contributed by atoms with van der Waals surface area (Å²) in [5.41, 5.74) is 3.12. The molecule has 1 atom stereocenters. The quantitative estimate of drug-likeness (QED) is 0.878. The van der Waals surface area contributed by atoms with Gasteiger partial charge in [0.2, 0.25) is 0 Å². The highest BCUT2D eigenvalue weighted by molar-refractivity contribution is 5.89. The standard InChI is InChI=1S/C15H24N2O2/c1-10(2)17(9-13(5)18)15(19)16-14-7-6-11(3)12(4)8-14/h6-8,10,13,18H,9H2,1-5H3,(H,16,19). The maximum Gasteiger partial charge on any atom is 0.322 e. The predicted octanol–water partition coefficient (Wildman–Crippen LogP) is 2.93. The number of nitrogens with zero attached hydrogens (tertiary/aromatic N) is 1. The van der Waals surface area contributed by atoms with Gasteiger partial charge in [0.25, 0.3) is 0 Å². The number of aryl methyl sites for hydroxylation is 2. The molecule has 0 aliphatic heterocycles. The third-order valence-electron chi connectivity index (χ3n) is 3.10. The molecule has 0 aromatic heterocycles. The topological polar surface area (TPSA) is 52.6 Å². The molecule has 0 fully saturated rings. The molecule has 0 saturated heterocycles. The number of aliphatic hydroxyl groups excluding tert-OH is 1. The summed E-state index contributed by atoms with van der Waals surface area (Å²) in [5, 5.41) is 12.3. The van der Waals surface area contributed by atoms with E-state index >= 15 is 0 Å². The molecule has 0 spiro atoms. The van der Waals surface area contributed by atoms with Crippen LogP contribution in [0.5, 0.6) is 0 Å². The van der Waals surface area contributed by atoms with Crippen LogP contribution in [0.25, 0.3) is 0 Å². The summed E-state index contributed by atoms with van der Waals surface area (Å²) in [6, 6.07) is 5.69. The van der Waals surface area contributed by atoms with Gasteiger partial charge in [-0.25, -0.2) is 4.79 Å². The summed E-state index contributed by atoms with van der Waals surface area (Å²) < 4.78 is 0. The molecule has 4 heteroatoms. The Morgan fingerprint density at radius 3 is 2.37 bits per heavy atom. The smallest absolute Gasteiger partial charge is 0.322 e. The minimum absolute atomic E-state index is 0.0427. The lowest BCUT2D eigenvalue weighted by atomic mass is 10.1. The first kappa shape index (κ1) is 15.5. The van der Waals surface area contributed by atoms with Crippen molar-refractivity contribution in [3.05, 3.63) is 29.3 Å². The second-order valence-electron chi connectivity index (χ2n) is 5.32. The highest BCUT2D eigenvalue weighted by Crippen LogP contribution is 2.15. The van der Waals surface area contributed by atoms with E-state index < -0.39 is 6.10 Å². The van der Waals surface area contributed by atoms with Crippen molar-refractivity contribution in [2.75, 3.05) is 11.9 Å². The number of urea groups is 1. The van der Waals surface area contributed by atoms with E-state index in [2.05, 4.69) is 5.32 Å². The van der Waals surface area contributed by atoms with Gasteiger partial charge in [0.15, 0.2) is 0 Å². The minimum Gasteiger partial charge on any atom is -0.392 e. The van der Waals surface area contributed by atoms with Gasteiger partial charge in [0, 0.05) is 18.3 Å². The molecule has 1 aromatic rings. The molecular weight excluding hydrogens is 240 g/mol. The molecule has 0 heterocycles. The SMILES string of the molecule is Cc1ccc(NC(=O)N(CC(C)O)C(C)C)cc1C. The van der Waals surface area contributed by atoms with Crippen LogP contribution in [-0.2, 0) is 0 Å². The second kappa shape index (κ2) is 6.57. The van der Waals surface area contributed by atoms with Crippen molar-refractivity contribution in [1.82, 2.24) is 4.90 Å². The van der Waals surface area contributed by atoms with Crippen LogP contribution in [-0.4, -0.2) is 34.7 Å². The van der Waals surface area contributed by atoms with Gasteiger partial charge in [-0.15, -0.1) is 0 Å². The molecule has 2 N–H and O–H groups in total. The number of rotatable bonds is 4. The number of hydrogen-bond donors (Lipinski definition) is 2.